The van der Waals surface area contributed by atoms with Crippen molar-refractivity contribution in [3.63, 3.8) is 0 Å². The van der Waals surface area contributed by atoms with Gasteiger partial charge in [0.05, 0.1) is 88.6 Å². The molecular formula is C29H48N8O10. The topological polar surface area (TPSA) is 283 Å². The van der Waals surface area contributed by atoms with Crippen LogP contribution >= 0.6 is 0 Å². The summed E-state index contributed by atoms with van der Waals surface area (Å²) < 4.78 is 31.6. The molecule has 0 fully saturated rings. The van der Waals surface area contributed by atoms with Gasteiger partial charge >= 0.3 is 0 Å². The molecule has 0 aliphatic rings. The highest BCUT2D eigenvalue weighted by Gasteiger charge is 2.10. The van der Waals surface area contributed by atoms with Crippen molar-refractivity contribution in [2.45, 2.75) is 6.92 Å². The highest BCUT2D eigenvalue weighted by atomic mass is 16.6. The summed E-state index contributed by atoms with van der Waals surface area (Å²) in [5.74, 6) is 21.6. The van der Waals surface area contributed by atoms with E-state index >= 15 is 0 Å². The number of carbonyl (C=O) groups excluding carboxylic acids is 2. The molecule has 0 aliphatic carbocycles. The number of ether oxygens (including phenoxy) is 6. The average Bonchev–Trinajstić information content (AvgIpc) is 3.11. The number of hydrazone groups is 2. The normalized spacial score (nSPS) is 10.9. The van der Waals surface area contributed by atoms with Crippen molar-refractivity contribution in [3.05, 3.63) is 59.7 Å². The van der Waals surface area contributed by atoms with Gasteiger partial charge in [0.1, 0.15) is 13.2 Å². The number of aldehydes is 1. The van der Waals surface area contributed by atoms with Gasteiger partial charge in [-0.25, -0.2) is 0 Å². The molecule has 0 atom stereocenters. The standard InChI is InChI=1S/2C13H22N4O4.C3H4O2/c2*14-16-12-4-2-1-3-11(12)13(17-15)21-10-9-20-8-7-19-6-5-18;1-3(5)2-4/h2*1-4,16,18H,5-10,14-15H2;2H,1H3. The zero-order valence-corrected chi connectivity index (χ0v) is 26.5. The number of rotatable bonds is 21. The van der Waals surface area contributed by atoms with Crippen molar-refractivity contribution < 1.29 is 48.2 Å². The van der Waals surface area contributed by atoms with Gasteiger partial charge in [-0.3, -0.25) is 21.3 Å². The van der Waals surface area contributed by atoms with Gasteiger partial charge in [0, 0.05) is 6.92 Å². The van der Waals surface area contributed by atoms with Gasteiger partial charge < -0.3 is 61.2 Å². The Labute approximate surface area is 273 Å². The summed E-state index contributed by atoms with van der Waals surface area (Å²) in [6.45, 7) is 4.92. The van der Waals surface area contributed by atoms with Crippen molar-refractivity contribution in [3.8, 4) is 0 Å². The van der Waals surface area contributed by atoms with Crippen molar-refractivity contribution in [2.24, 2.45) is 33.6 Å². The van der Waals surface area contributed by atoms with E-state index in [9.17, 15) is 4.79 Å². The number of hydrogen-bond acceptors (Lipinski definition) is 18. The lowest BCUT2D eigenvalue weighted by Crippen LogP contribution is -2.18. The van der Waals surface area contributed by atoms with Crippen molar-refractivity contribution >= 4 is 35.2 Å². The summed E-state index contributed by atoms with van der Waals surface area (Å²) >= 11 is 0. The number of ketones is 1. The maximum absolute atomic E-state index is 9.44. The number of aliphatic hydroxyl groups is 2. The highest BCUT2D eigenvalue weighted by molar-refractivity contribution is 6.23. The monoisotopic (exact) mass is 668 g/mol. The lowest BCUT2D eigenvalue weighted by Gasteiger charge is -2.12. The van der Waals surface area contributed by atoms with E-state index in [0.717, 1.165) is 0 Å². The van der Waals surface area contributed by atoms with Crippen LogP contribution in [-0.4, -0.2) is 113 Å². The number of aliphatic hydroxyl groups excluding tert-OH is 2. The van der Waals surface area contributed by atoms with Crippen LogP contribution in [0.25, 0.3) is 0 Å². The van der Waals surface area contributed by atoms with Crippen LogP contribution in [0.3, 0.4) is 0 Å². The molecule has 0 amide bonds. The zero-order valence-electron chi connectivity index (χ0n) is 26.5. The molecule has 0 bridgehead atoms. The third-order valence-electron chi connectivity index (χ3n) is 5.17. The van der Waals surface area contributed by atoms with Crippen molar-refractivity contribution in [1.29, 1.82) is 0 Å². The molecule has 2 aromatic carbocycles. The van der Waals surface area contributed by atoms with E-state index in [1.165, 1.54) is 6.92 Å². The summed E-state index contributed by atoms with van der Waals surface area (Å²) in [4.78, 5) is 18.6. The van der Waals surface area contributed by atoms with Crippen LogP contribution in [-0.2, 0) is 38.0 Å². The van der Waals surface area contributed by atoms with Crippen LogP contribution in [0.1, 0.15) is 18.1 Å². The molecule has 18 nitrogen and oxygen atoms in total. The van der Waals surface area contributed by atoms with Gasteiger partial charge in [-0.15, -0.1) is 10.2 Å². The lowest BCUT2D eigenvalue weighted by molar-refractivity contribution is -0.128. The number of hydrazine groups is 2. The summed E-state index contributed by atoms with van der Waals surface area (Å²) in [6.07, 6.45) is 0.278. The quantitative estimate of drug-likeness (QED) is 0.0151. The number of anilines is 2. The van der Waals surface area contributed by atoms with E-state index in [1.54, 1.807) is 24.3 Å². The smallest absolute Gasteiger partial charge is 0.239 e. The largest absolute Gasteiger partial charge is 0.474 e. The van der Waals surface area contributed by atoms with Crippen LogP contribution < -0.4 is 34.2 Å². The summed E-state index contributed by atoms with van der Waals surface area (Å²) in [5.41, 5.74) is 7.80. The number of para-hydroxylation sites is 2. The highest BCUT2D eigenvalue weighted by Crippen LogP contribution is 2.16. The molecule has 0 heterocycles. The third-order valence-corrected chi connectivity index (χ3v) is 5.17. The molecule has 12 N–H and O–H groups in total. The fraction of sp³-hybridized carbons (Fsp3) is 0.448. The average molecular weight is 669 g/mol. The van der Waals surface area contributed by atoms with Gasteiger partial charge in [0.25, 0.3) is 0 Å². The molecule has 2 rings (SSSR count). The molecular weight excluding hydrogens is 620 g/mol. The zero-order chi connectivity index (χ0) is 35.0. The van der Waals surface area contributed by atoms with E-state index in [0.29, 0.717) is 88.6 Å². The van der Waals surface area contributed by atoms with Crippen LogP contribution in [0.15, 0.2) is 58.7 Å². The minimum absolute atomic E-state index is 0.00796. The predicted molar refractivity (Wildman–Crippen MR) is 176 cm³/mol. The first-order valence-corrected chi connectivity index (χ1v) is 14.4. The Morgan fingerprint density at radius 2 is 0.979 bits per heavy atom. The molecule has 0 saturated carbocycles. The molecule has 0 unspecified atom stereocenters. The molecule has 0 aliphatic heterocycles. The Bertz CT molecular complexity index is 1080. The van der Waals surface area contributed by atoms with Gasteiger partial charge in [-0.05, 0) is 24.3 Å². The van der Waals surface area contributed by atoms with Crippen LogP contribution in [0.2, 0.25) is 0 Å². The fourth-order valence-electron chi connectivity index (χ4n) is 3.13. The number of nitrogens with zero attached hydrogens (tertiary/aromatic N) is 2. The lowest BCUT2D eigenvalue weighted by atomic mass is 10.2. The van der Waals surface area contributed by atoms with Crippen molar-refractivity contribution in [1.82, 2.24) is 0 Å². The molecule has 264 valence electrons. The molecule has 0 saturated heterocycles. The fourth-order valence-corrected chi connectivity index (χ4v) is 3.13. The third kappa shape index (κ3) is 21.1. The first-order valence-electron chi connectivity index (χ1n) is 14.4. The van der Waals surface area contributed by atoms with Crippen molar-refractivity contribution in [2.75, 3.05) is 90.1 Å². The number of Topliss-reactive ketones (excluding diaryl/α,β-unsaturated/α-hetero) is 1. The van der Waals surface area contributed by atoms with Crippen LogP contribution in [0.5, 0.6) is 0 Å². The summed E-state index contributed by atoms with van der Waals surface area (Å²) in [7, 11) is 0. The van der Waals surface area contributed by atoms with Gasteiger partial charge in [0.15, 0.2) is 12.1 Å². The number of carbonyl (C=O) groups is 2. The predicted octanol–water partition coefficient (Wildman–Crippen LogP) is -0.956. The minimum atomic E-state index is -0.426. The summed E-state index contributed by atoms with van der Waals surface area (Å²) in [6, 6.07) is 14.5. The number of nitrogens with one attached hydrogen (secondary N) is 2. The number of nitrogens with two attached hydrogens (primary N) is 4. The van der Waals surface area contributed by atoms with E-state index in [1.807, 2.05) is 24.3 Å². The first kappa shape index (κ1) is 42.6. The first-order chi connectivity index (χ1) is 22.9. The van der Waals surface area contributed by atoms with Gasteiger partial charge in [-0.2, -0.15) is 0 Å². The molecule has 2 aromatic rings. The second kappa shape index (κ2) is 30.3. The molecule has 18 heteroatoms. The van der Waals surface area contributed by atoms with E-state index in [2.05, 4.69) is 21.1 Å². The van der Waals surface area contributed by atoms with E-state index < -0.39 is 5.78 Å². The minimum Gasteiger partial charge on any atom is -0.474 e. The number of nitrogen functional groups attached to an aromatic ring is 2. The Balaban J connectivity index is 0.000000787. The van der Waals surface area contributed by atoms with Crippen LogP contribution in [0, 0.1) is 0 Å². The maximum Gasteiger partial charge on any atom is 0.239 e. The molecule has 0 spiro atoms. The Morgan fingerprint density at radius 1 is 0.660 bits per heavy atom. The molecule has 0 aromatic heterocycles. The second-order valence-electron chi connectivity index (χ2n) is 8.57. The Hall–Kier alpha value is -4.40. The number of benzene rings is 2. The summed E-state index contributed by atoms with van der Waals surface area (Å²) in [5, 5.41) is 24.3. The van der Waals surface area contributed by atoms with Gasteiger partial charge in [0.2, 0.25) is 11.8 Å². The van der Waals surface area contributed by atoms with E-state index in [4.69, 9.17) is 66.8 Å². The second-order valence-corrected chi connectivity index (χ2v) is 8.57. The number of hydrogen-bond donors (Lipinski definition) is 8. The molecule has 0 radical (unpaired) electrons. The Morgan fingerprint density at radius 3 is 1.28 bits per heavy atom. The molecule has 47 heavy (non-hydrogen) atoms. The SMILES string of the molecule is CC(=O)C=O.NN=C(OCCOCCOCCO)c1ccccc1NN.NN=C(OCCOCCOCCO)c1ccccc1NN. The Kier molecular flexibility index (Phi) is 27.4. The maximum atomic E-state index is 9.44. The van der Waals surface area contributed by atoms with E-state index in [-0.39, 0.29) is 31.3 Å². The van der Waals surface area contributed by atoms with Gasteiger partial charge in [-0.1, -0.05) is 24.3 Å². The van der Waals surface area contributed by atoms with Crippen LogP contribution in [0.4, 0.5) is 11.4 Å².